The highest BCUT2D eigenvalue weighted by Crippen LogP contribution is 2.42. The number of halogens is 1. The molecule has 6 nitrogen and oxygen atoms in total. The molecule has 2 N–H and O–H groups in total. The van der Waals surface area contributed by atoms with Gasteiger partial charge in [0, 0.05) is 44.3 Å². The maximum absolute atomic E-state index is 13.2. The Balaban J connectivity index is 1.20. The summed E-state index contributed by atoms with van der Waals surface area (Å²) in [6.45, 7) is 9.66. The van der Waals surface area contributed by atoms with Crippen LogP contribution in [-0.4, -0.2) is 66.6 Å². The Hall–Kier alpha value is -1.73. The molecule has 1 aromatic heterocycles. The number of fused-ring (bicyclic) bond motifs is 3. The van der Waals surface area contributed by atoms with E-state index in [0.717, 1.165) is 57.8 Å². The van der Waals surface area contributed by atoms with Crippen molar-refractivity contribution < 1.29 is 9.18 Å². The van der Waals surface area contributed by atoms with Crippen LogP contribution in [-0.2, 0) is 4.79 Å². The predicted octanol–water partition coefficient (Wildman–Crippen LogP) is 2.26. The van der Waals surface area contributed by atoms with Crippen molar-refractivity contribution in [3.63, 3.8) is 0 Å². The number of hydrogen-bond acceptors (Lipinski definition) is 5. The molecule has 4 heterocycles. The van der Waals surface area contributed by atoms with Crippen LogP contribution in [0, 0.1) is 29.5 Å². The lowest BCUT2D eigenvalue weighted by atomic mass is 9.63. The van der Waals surface area contributed by atoms with Gasteiger partial charge in [0.15, 0.2) is 0 Å². The van der Waals surface area contributed by atoms with E-state index in [0.29, 0.717) is 35.9 Å². The Morgan fingerprint density at radius 1 is 1.23 bits per heavy atom. The molecule has 1 aliphatic carbocycles. The summed E-state index contributed by atoms with van der Waals surface area (Å²) in [7, 11) is 0. The van der Waals surface area contributed by atoms with E-state index >= 15 is 0 Å². The van der Waals surface area contributed by atoms with Crippen LogP contribution in [0.2, 0.25) is 0 Å². The molecule has 0 bridgehead atoms. The molecule has 0 spiro atoms. The Labute approximate surface area is 185 Å². The molecule has 4 aliphatic rings. The van der Waals surface area contributed by atoms with Gasteiger partial charge in [0.2, 0.25) is 5.91 Å². The first-order valence-corrected chi connectivity index (χ1v) is 12.1. The number of aromatic nitrogens is 1. The summed E-state index contributed by atoms with van der Waals surface area (Å²) in [5, 5.41) is 7.12. The quantitative estimate of drug-likeness (QED) is 0.772. The smallest absolute Gasteiger partial charge is 0.224 e. The summed E-state index contributed by atoms with van der Waals surface area (Å²) < 4.78 is 13.2. The number of amides is 1. The van der Waals surface area contributed by atoms with Gasteiger partial charge in [-0.2, -0.15) is 0 Å². The fraction of sp³-hybridized carbons (Fsp3) is 0.750. The van der Waals surface area contributed by atoms with Crippen LogP contribution >= 0.6 is 0 Å². The Morgan fingerprint density at radius 3 is 2.87 bits per heavy atom. The largest absolute Gasteiger partial charge is 0.354 e. The van der Waals surface area contributed by atoms with Crippen molar-refractivity contribution in [2.24, 2.45) is 23.7 Å². The van der Waals surface area contributed by atoms with Gasteiger partial charge >= 0.3 is 0 Å². The zero-order chi connectivity index (χ0) is 21.5. The number of anilines is 1. The lowest BCUT2D eigenvalue weighted by Crippen LogP contribution is -2.66. The Kier molecular flexibility index (Phi) is 5.90. The van der Waals surface area contributed by atoms with Crippen molar-refractivity contribution in [2.75, 3.05) is 37.6 Å². The second kappa shape index (κ2) is 8.66. The number of nitrogens with one attached hydrogen (secondary N) is 2. The van der Waals surface area contributed by atoms with Gasteiger partial charge in [0.25, 0.3) is 0 Å². The molecular formula is C24H36FN5O. The normalized spacial score (nSPS) is 38.9. The molecule has 3 saturated heterocycles. The number of nitrogens with zero attached hydrogens (tertiary/aromatic N) is 3. The van der Waals surface area contributed by atoms with E-state index in [-0.39, 0.29) is 17.6 Å². The van der Waals surface area contributed by atoms with Crippen LogP contribution in [0.25, 0.3) is 0 Å². The minimum atomic E-state index is -0.287. The Bertz CT molecular complexity index is 789. The van der Waals surface area contributed by atoms with Crippen LogP contribution in [0.4, 0.5) is 10.2 Å². The van der Waals surface area contributed by atoms with Crippen LogP contribution in [0.1, 0.15) is 39.5 Å². The topological polar surface area (TPSA) is 60.5 Å². The second-order valence-electron chi connectivity index (χ2n) is 10.4. The molecular weight excluding hydrogens is 393 g/mol. The molecule has 170 valence electrons. The number of carbonyl (C=O) groups is 1. The summed E-state index contributed by atoms with van der Waals surface area (Å²) in [4.78, 5) is 21.9. The lowest BCUT2D eigenvalue weighted by Gasteiger charge is -2.52. The van der Waals surface area contributed by atoms with Gasteiger partial charge in [0.05, 0.1) is 12.1 Å². The molecule has 4 fully saturated rings. The van der Waals surface area contributed by atoms with Gasteiger partial charge in [-0.25, -0.2) is 9.37 Å². The monoisotopic (exact) mass is 429 g/mol. The van der Waals surface area contributed by atoms with E-state index in [1.54, 1.807) is 6.07 Å². The van der Waals surface area contributed by atoms with Gasteiger partial charge in [-0.3, -0.25) is 9.69 Å². The molecule has 7 unspecified atom stereocenters. The summed E-state index contributed by atoms with van der Waals surface area (Å²) in [5.41, 5.74) is 0. The standard InChI is InChI=1S/C24H36FN5O/c1-15-10-17(11-20-22(15)23-19(24(31)28-20)4-3-7-26-23)14-29-8-9-30(13-16(29)2)21-6-5-18(25)12-27-21/h5-6,12,15-17,19-20,22-23,26H,3-4,7-11,13-14H2,1-2H3,(H,28,31). The number of piperidine rings is 2. The summed E-state index contributed by atoms with van der Waals surface area (Å²) in [6, 6.07) is 4.38. The van der Waals surface area contributed by atoms with E-state index in [1.165, 1.54) is 18.7 Å². The van der Waals surface area contributed by atoms with Gasteiger partial charge in [-0.1, -0.05) is 6.92 Å². The highest BCUT2D eigenvalue weighted by molar-refractivity contribution is 5.81. The summed E-state index contributed by atoms with van der Waals surface area (Å²) in [5.74, 6) is 2.84. The fourth-order valence-electron chi connectivity index (χ4n) is 6.86. The van der Waals surface area contributed by atoms with Gasteiger partial charge in [0.1, 0.15) is 11.6 Å². The molecule has 0 radical (unpaired) electrons. The Morgan fingerprint density at radius 2 is 2.10 bits per heavy atom. The molecule has 1 aromatic rings. The van der Waals surface area contributed by atoms with Crippen molar-refractivity contribution in [1.82, 2.24) is 20.5 Å². The number of pyridine rings is 1. The van der Waals surface area contributed by atoms with Crippen LogP contribution in [0.15, 0.2) is 18.3 Å². The van der Waals surface area contributed by atoms with Crippen molar-refractivity contribution in [3.05, 3.63) is 24.1 Å². The van der Waals surface area contributed by atoms with Gasteiger partial charge in [-0.05, 0) is 69.0 Å². The molecule has 1 saturated carbocycles. The van der Waals surface area contributed by atoms with Crippen molar-refractivity contribution in [3.8, 4) is 0 Å². The molecule has 1 amide bonds. The first kappa shape index (κ1) is 21.1. The molecule has 7 heteroatoms. The third-order valence-electron chi connectivity index (χ3n) is 8.29. The number of rotatable bonds is 3. The highest BCUT2D eigenvalue weighted by atomic mass is 19.1. The first-order chi connectivity index (χ1) is 15.0. The number of hydrogen-bond donors (Lipinski definition) is 2. The number of carbonyl (C=O) groups excluding carboxylic acids is 1. The lowest BCUT2D eigenvalue weighted by molar-refractivity contribution is -0.135. The summed E-state index contributed by atoms with van der Waals surface area (Å²) in [6.07, 6.45) is 5.79. The highest BCUT2D eigenvalue weighted by Gasteiger charge is 2.49. The molecule has 7 atom stereocenters. The maximum Gasteiger partial charge on any atom is 0.224 e. The predicted molar refractivity (Wildman–Crippen MR) is 119 cm³/mol. The zero-order valence-electron chi connectivity index (χ0n) is 18.8. The van der Waals surface area contributed by atoms with Crippen LogP contribution < -0.4 is 15.5 Å². The molecule has 0 aromatic carbocycles. The SMILES string of the molecule is CC1CC(CN2CCN(c3ccc(F)cn3)CC2C)CC2NC(=O)C3CCCNC3C12. The molecule has 5 rings (SSSR count). The second-order valence-corrected chi connectivity index (χ2v) is 10.4. The molecule has 31 heavy (non-hydrogen) atoms. The minimum Gasteiger partial charge on any atom is -0.354 e. The van der Waals surface area contributed by atoms with Crippen molar-refractivity contribution in [2.45, 2.75) is 57.7 Å². The minimum absolute atomic E-state index is 0.169. The third-order valence-corrected chi connectivity index (χ3v) is 8.29. The van der Waals surface area contributed by atoms with Gasteiger partial charge in [-0.15, -0.1) is 0 Å². The van der Waals surface area contributed by atoms with E-state index in [2.05, 4.69) is 39.3 Å². The average molecular weight is 430 g/mol. The average Bonchev–Trinajstić information content (AvgIpc) is 2.75. The van der Waals surface area contributed by atoms with Crippen molar-refractivity contribution in [1.29, 1.82) is 0 Å². The van der Waals surface area contributed by atoms with Gasteiger partial charge < -0.3 is 15.5 Å². The zero-order valence-corrected chi connectivity index (χ0v) is 18.8. The first-order valence-electron chi connectivity index (χ1n) is 12.1. The number of piperazine rings is 1. The van der Waals surface area contributed by atoms with E-state index in [9.17, 15) is 9.18 Å². The van der Waals surface area contributed by atoms with E-state index in [4.69, 9.17) is 0 Å². The molecule has 3 aliphatic heterocycles. The maximum atomic E-state index is 13.2. The van der Waals surface area contributed by atoms with E-state index < -0.39 is 0 Å². The van der Waals surface area contributed by atoms with E-state index in [1.807, 2.05) is 0 Å². The summed E-state index contributed by atoms with van der Waals surface area (Å²) >= 11 is 0. The third kappa shape index (κ3) is 4.19. The van der Waals surface area contributed by atoms with Crippen LogP contribution in [0.5, 0.6) is 0 Å². The van der Waals surface area contributed by atoms with Crippen LogP contribution in [0.3, 0.4) is 0 Å². The van der Waals surface area contributed by atoms with Crippen molar-refractivity contribution >= 4 is 11.7 Å². The fourth-order valence-corrected chi connectivity index (χ4v) is 6.86.